The Morgan fingerprint density at radius 1 is 1.20 bits per heavy atom. The van der Waals surface area contributed by atoms with Crippen molar-refractivity contribution >= 4 is 27.5 Å². The van der Waals surface area contributed by atoms with Crippen LogP contribution in [0.15, 0.2) is 40.8 Å². The van der Waals surface area contributed by atoms with E-state index in [1.807, 2.05) is 0 Å². The van der Waals surface area contributed by atoms with Gasteiger partial charge in [0.2, 0.25) is 17.7 Å². The number of amides is 1. The van der Waals surface area contributed by atoms with Crippen LogP contribution in [0.4, 0.5) is 17.6 Å². The van der Waals surface area contributed by atoms with Gasteiger partial charge >= 0.3 is 6.18 Å². The summed E-state index contributed by atoms with van der Waals surface area (Å²) >= 11 is 1.03. The fourth-order valence-electron chi connectivity index (χ4n) is 3.57. The Morgan fingerprint density at radius 3 is 2.69 bits per heavy atom. The highest BCUT2D eigenvalue weighted by atomic mass is 32.1. The lowest BCUT2D eigenvalue weighted by Gasteiger charge is -2.09. The smallest absolute Gasteiger partial charge is 0.416 e. The Kier molecular flexibility index (Phi) is 5.52. The Morgan fingerprint density at radius 2 is 1.97 bits per heavy atom. The summed E-state index contributed by atoms with van der Waals surface area (Å²) in [7, 11) is 0. The number of carbonyl (C=O) groups excluding carboxylic acids is 1. The molecule has 1 amide bonds. The summed E-state index contributed by atoms with van der Waals surface area (Å²) in [5, 5.41) is 19.9. The number of hydrogen-bond acceptors (Lipinski definition) is 7. The molecule has 1 N–H and O–H groups in total. The molecule has 2 aromatic carbocycles. The number of aromatic nitrogens is 3. The van der Waals surface area contributed by atoms with Gasteiger partial charge in [-0.3, -0.25) is 4.79 Å². The van der Waals surface area contributed by atoms with Crippen molar-refractivity contribution in [2.24, 2.45) is 0 Å². The average molecular weight is 501 g/mol. The van der Waals surface area contributed by atoms with E-state index in [0.717, 1.165) is 23.5 Å². The molecule has 1 fully saturated rings. The summed E-state index contributed by atoms with van der Waals surface area (Å²) in [4.78, 5) is 16.4. The Balaban J connectivity index is 1.33. The van der Waals surface area contributed by atoms with Crippen LogP contribution >= 0.6 is 11.3 Å². The summed E-state index contributed by atoms with van der Waals surface area (Å²) in [5.41, 5.74) is -1.16. The first-order chi connectivity index (χ1) is 16.7. The number of nitriles is 1. The molecule has 5 rings (SSSR count). The standard InChI is InChI=1S/C23H15F4N5O2S/c24-20-14(12-2-1-3-13(8-12)23(25,26)27)4-5-15-21(20)35-19(29-15)10-18-32-31-17(34-18)9-16(33)30-22(11-28)6-7-22/h1-5,8H,6-7,9-10H2,(H,30,33). The molecule has 1 saturated carbocycles. The van der Waals surface area contributed by atoms with E-state index in [1.165, 1.54) is 18.2 Å². The maximum absolute atomic E-state index is 15.2. The lowest BCUT2D eigenvalue weighted by molar-refractivity contribution is -0.137. The normalized spacial score (nSPS) is 14.6. The van der Waals surface area contributed by atoms with E-state index in [4.69, 9.17) is 9.68 Å². The average Bonchev–Trinajstić information content (AvgIpc) is 3.24. The molecule has 0 radical (unpaired) electrons. The molecule has 0 bridgehead atoms. The van der Waals surface area contributed by atoms with Crippen molar-refractivity contribution in [1.82, 2.24) is 20.5 Å². The van der Waals surface area contributed by atoms with Gasteiger partial charge in [-0.05, 0) is 42.7 Å². The molecule has 35 heavy (non-hydrogen) atoms. The van der Waals surface area contributed by atoms with Crippen LogP contribution in [-0.2, 0) is 23.8 Å². The molecule has 0 spiro atoms. The van der Waals surface area contributed by atoms with Crippen molar-refractivity contribution in [1.29, 1.82) is 5.26 Å². The Hall–Kier alpha value is -3.85. The summed E-state index contributed by atoms with van der Waals surface area (Å²) in [6.45, 7) is 0. The second-order valence-corrected chi connectivity index (χ2v) is 9.23. The summed E-state index contributed by atoms with van der Waals surface area (Å²) in [6, 6.07) is 9.49. The molecule has 0 saturated heterocycles. The van der Waals surface area contributed by atoms with Crippen LogP contribution in [0.1, 0.15) is 35.2 Å². The Bertz CT molecular complexity index is 1480. The van der Waals surface area contributed by atoms with Crippen molar-refractivity contribution in [3.05, 3.63) is 64.6 Å². The number of hydrogen-bond donors (Lipinski definition) is 1. The van der Waals surface area contributed by atoms with Gasteiger partial charge in [0.15, 0.2) is 0 Å². The van der Waals surface area contributed by atoms with Crippen molar-refractivity contribution < 1.29 is 26.8 Å². The molecule has 2 aromatic heterocycles. The number of benzene rings is 2. The van der Waals surface area contributed by atoms with Crippen LogP contribution in [-0.4, -0.2) is 26.6 Å². The SMILES string of the molecule is N#CC1(NC(=O)Cc2nnc(Cc3nc4ccc(-c5cccc(C(F)(F)F)c5)c(F)c4s3)o2)CC1. The van der Waals surface area contributed by atoms with E-state index in [2.05, 4.69) is 26.6 Å². The molecular weight excluding hydrogens is 486 g/mol. The van der Waals surface area contributed by atoms with Crippen LogP contribution in [0.5, 0.6) is 0 Å². The quantitative estimate of drug-likeness (QED) is 0.380. The summed E-state index contributed by atoms with van der Waals surface area (Å²) < 4.78 is 60.1. The number of fused-ring (bicyclic) bond motifs is 1. The number of nitrogens with zero attached hydrogens (tertiary/aromatic N) is 4. The van der Waals surface area contributed by atoms with E-state index in [1.54, 1.807) is 6.07 Å². The lowest BCUT2D eigenvalue weighted by Crippen LogP contribution is -2.36. The molecule has 2 heterocycles. The van der Waals surface area contributed by atoms with Crippen LogP contribution < -0.4 is 5.32 Å². The first-order valence-electron chi connectivity index (χ1n) is 10.4. The zero-order valence-corrected chi connectivity index (χ0v) is 18.6. The second kappa shape index (κ2) is 8.42. The monoisotopic (exact) mass is 501 g/mol. The minimum absolute atomic E-state index is 0.0377. The van der Waals surface area contributed by atoms with E-state index < -0.39 is 29.0 Å². The van der Waals surface area contributed by atoms with Gasteiger partial charge in [-0.1, -0.05) is 12.1 Å². The van der Waals surface area contributed by atoms with Gasteiger partial charge in [0.05, 0.1) is 28.3 Å². The van der Waals surface area contributed by atoms with E-state index in [9.17, 15) is 18.0 Å². The molecule has 1 aliphatic rings. The number of halogens is 4. The highest BCUT2D eigenvalue weighted by Gasteiger charge is 2.44. The van der Waals surface area contributed by atoms with Gasteiger partial charge < -0.3 is 9.73 Å². The van der Waals surface area contributed by atoms with Crippen LogP contribution in [0.3, 0.4) is 0 Å². The first kappa shape index (κ1) is 22.9. The maximum Gasteiger partial charge on any atom is 0.416 e. The van der Waals surface area contributed by atoms with Crippen molar-refractivity contribution in [3.63, 3.8) is 0 Å². The molecule has 12 heteroatoms. The highest BCUT2D eigenvalue weighted by Crippen LogP contribution is 2.36. The number of alkyl halides is 3. The van der Waals surface area contributed by atoms with Gasteiger partial charge in [0.25, 0.3) is 0 Å². The molecule has 0 aliphatic heterocycles. The van der Waals surface area contributed by atoms with Crippen molar-refractivity contribution in [2.75, 3.05) is 0 Å². The van der Waals surface area contributed by atoms with Gasteiger partial charge in [0, 0.05) is 5.56 Å². The molecule has 0 unspecified atom stereocenters. The third kappa shape index (κ3) is 4.72. The fourth-order valence-corrected chi connectivity index (χ4v) is 4.56. The minimum Gasteiger partial charge on any atom is -0.424 e. The van der Waals surface area contributed by atoms with Gasteiger partial charge in [-0.25, -0.2) is 9.37 Å². The second-order valence-electron chi connectivity index (χ2n) is 8.15. The van der Waals surface area contributed by atoms with Crippen LogP contribution in [0.2, 0.25) is 0 Å². The largest absolute Gasteiger partial charge is 0.424 e. The van der Waals surface area contributed by atoms with Gasteiger partial charge in [-0.2, -0.15) is 18.4 Å². The molecular formula is C23H15F4N5O2S. The Labute approximate surface area is 199 Å². The fraction of sp³-hybridized carbons (Fsp3) is 0.261. The lowest BCUT2D eigenvalue weighted by atomic mass is 10.0. The zero-order chi connectivity index (χ0) is 24.8. The predicted molar refractivity (Wildman–Crippen MR) is 117 cm³/mol. The number of thiazole rings is 1. The first-order valence-corrected chi connectivity index (χ1v) is 11.3. The predicted octanol–water partition coefficient (Wildman–Crippen LogP) is 4.81. The topological polar surface area (TPSA) is 105 Å². The van der Waals surface area contributed by atoms with Crippen molar-refractivity contribution in [2.45, 2.75) is 37.4 Å². The molecule has 178 valence electrons. The van der Waals surface area contributed by atoms with Crippen LogP contribution in [0, 0.1) is 17.1 Å². The van der Waals surface area contributed by atoms with Crippen molar-refractivity contribution in [3.8, 4) is 17.2 Å². The van der Waals surface area contributed by atoms with E-state index in [-0.39, 0.29) is 40.4 Å². The van der Waals surface area contributed by atoms with E-state index in [0.29, 0.717) is 23.4 Å². The summed E-state index contributed by atoms with van der Waals surface area (Å²) in [6.07, 6.45) is -3.41. The maximum atomic E-state index is 15.2. The molecule has 0 atom stereocenters. The summed E-state index contributed by atoms with van der Waals surface area (Å²) in [5.74, 6) is -0.819. The number of nitrogens with one attached hydrogen (secondary N) is 1. The number of rotatable bonds is 6. The molecule has 4 aromatic rings. The van der Waals surface area contributed by atoms with Gasteiger partial charge in [0.1, 0.15) is 22.8 Å². The minimum atomic E-state index is -4.53. The highest BCUT2D eigenvalue weighted by molar-refractivity contribution is 7.18. The van der Waals surface area contributed by atoms with E-state index >= 15 is 4.39 Å². The number of carbonyl (C=O) groups is 1. The molecule has 7 nitrogen and oxygen atoms in total. The molecule has 1 aliphatic carbocycles. The van der Waals surface area contributed by atoms with Gasteiger partial charge in [-0.15, -0.1) is 21.5 Å². The zero-order valence-electron chi connectivity index (χ0n) is 17.8. The third-order valence-corrected chi connectivity index (χ3v) is 6.57. The van der Waals surface area contributed by atoms with Crippen LogP contribution in [0.25, 0.3) is 21.3 Å². The third-order valence-electron chi connectivity index (χ3n) is 5.51.